The van der Waals surface area contributed by atoms with Gasteiger partial charge in [-0.1, -0.05) is 35.9 Å². The summed E-state index contributed by atoms with van der Waals surface area (Å²) in [5.41, 5.74) is 2.28. The summed E-state index contributed by atoms with van der Waals surface area (Å²) >= 11 is 5.74. The van der Waals surface area contributed by atoms with E-state index in [1.165, 1.54) is 6.07 Å². The molecule has 0 bridgehead atoms. The van der Waals surface area contributed by atoms with E-state index in [1.54, 1.807) is 17.0 Å². The number of nitrogens with one attached hydrogen (secondary N) is 1. The Labute approximate surface area is 109 Å². The summed E-state index contributed by atoms with van der Waals surface area (Å²) in [6.45, 7) is 0.521. The molecule has 0 saturated heterocycles. The van der Waals surface area contributed by atoms with Crippen LogP contribution in [0.4, 0.5) is 10.1 Å². The lowest BCUT2D eigenvalue weighted by atomic mass is 10.1. The van der Waals surface area contributed by atoms with Crippen LogP contribution in [0.2, 0.25) is 5.02 Å². The monoisotopic (exact) mass is 260 g/mol. The molecule has 0 atom stereocenters. The molecule has 4 heteroatoms. The number of fused-ring (bicyclic) bond motifs is 1. The Hall–Kier alpha value is -1.87. The number of anilines is 1. The van der Waals surface area contributed by atoms with Crippen molar-refractivity contribution in [1.82, 2.24) is 0 Å². The summed E-state index contributed by atoms with van der Waals surface area (Å²) in [5.74, 6) is -0.0770. The van der Waals surface area contributed by atoms with Crippen molar-refractivity contribution < 1.29 is 4.39 Å². The molecule has 2 nitrogen and oxygen atoms in total. The Balaban J connectivity index is 2.04. The normalized spacial score (nSPS) is 13.9. The lowest BCUT2D eigenvalue weighted by molar-refractivity contribution is 0.626. The van der Waals surface area contributed by atoms with Crippen molar-refractivity contribution in [2.75, 3.05) is 4.90 Å². The first-order valence-corrected chi connectivity index (χ1v) is 5.94. The molecule has 1 N–H and O–H groups in total. The number of benzene rings is 2. The van der Waals surface area contributed by atoms with Crippen LogP contribution < -0.4 is 4.90 Å². The summed E-state index contributed by atoms with van der Waals surface area (Å²) in [6, 6.07) is 12.2. The molecule has 2 aromatic carbocycles. The maximum Gasteiger partial charge on any atom is 0.148 e. The van der Waals surface area contributed by atoms with Gasteiger partial charge in [0, 0.05) is 10.6 Å². The van der Waals surface area contributed by atoms with Crippen molar-refractivity contribution >= 4 is 23.1 Å². The first kappa shape index (κ1) is 11.2. The zero-order chi connectivity index (χ0) is 12.7. The van der Waals surface area contributed by atoms with Crippen molar-refractivity contribution in [3.05, 3.63) is 64.4 Å². The molecule has 1 aliphatic rings. The molecule has 3 rings (SSSR count). The van der Waals surface area contributed by atoms with E-state index in [9.17, 15) is 4.39 Å². The van der Waals surface area contributed by atoms with Crippen molar-refractivity contribution in [1.29, 1.82) is 5.41 Å². The van der Waals surface area contributed by atoms with Gasteiger partial charge in [0.05, 0.1) is 12.2 Å². The highest BCUT2D eigenvalue weighted by atomic mass is 35.5. The standard InChI is InChI=1S/C14H10ClFN2/c15-10-5-6-13(12(16)7-10)18-8-9-3-1-2-4-11(9)14(18)17/h1-7,17H,8H2. The second-order valence-corrected chi connectivity index (χ2v) is 4.62. The molecule has 2 aromatic rings. The maximum atomic E-state index is 13.9. The molecule has 0 saturated carbocycles. The van der Waals surface area contributed by atoms with E-state index in [0.29, 0.717) is 23.1 Å². The van der Waals surface area contributed by atoms with E-state index in [1.807, 2.05) is 24.3 Å². The van der Waals surface area contributed by atoms with Gasteiger partial charge in [0.25, 0.3) is 0 Å². The van der Waals surface area contributed by atoms with E-state index in [2.05, 4.69) is 0 Å². The molecule has 0 aliphatic carbocycles. The average Bonchev–Trinajstić information content (AvgIpc) is 2.68. The summed E-state index contributed by atoms with van der Waals surface area (Å²) in [4.78, 5) is 1.65. The van der Waals surface area contributed by atoms with E-state index >= 15 is 0 Å². The highest BCUT2D eigenvalue weighted by Gasteiger charge is 2.26. The zero-order valence-corrected chi connectivity index (χ0v) is 10.2. The Kier molecular flexibility index (Phi) is 2.56. The fourth-order valence-corrected chi connectivity index (χ4v) is 2.35. The van der Waals surface area contributed by atoms with Crippen LogP contribution in [0.15, 0.2) is 42.5 Å². The van der Waals surface area contributed by atoms with Gasteiger partial charge in [-0.05, 0) is 23.8 Å². The second kappa shape index (κ2) is 4.10. The Morgan fingerprint density at radius 1 is 1.17 bits per heavy atom. The fourth-order valence-electron chi connectivity index (χ4n) is 2.19. The molecular formula is C14H10ClFN2. The van der Waals surface area contributed by atoms with Crippen molar-refractivity contribution in [2.24, 2.45) is 0 Å². The topological polar surface area (TPSA) is 27.1 Å². The summed E-state index contributed by atoms with van der Waals surface area (Å²) in [6.07, 6.45) is 0. The number of rotatable bonds is 1. The SMILES string of the molecule is N=C1c2ccccc2CN1c1ccc(Cl)cc1F. The van der Waals surface area contributed by atoms with Crippen LogP contribution in [0, 0.1) is 11.2 Å². The first-order chi connectivity index (χ1) is 8.66. The van der Waals surface area contributed by atoms with Gasteiger partial charge >= 0.3 is 0 Å². The third-order valence-corrected chi connectivity index (χ3v) is 3.31. The first-order valence-electron chi connectivity index (χ1n) is 5.56. The molecule has 0 fully saturated rings. The van der Waals surface area contributed by atoms with Gasteiger partial charge in [-0.3, -0.25) is 5.41 Å². The van der Waals surface area contributed by atoms with Crippen molar-refractivity contribution in [3.8, 4) is 0 Å². The van der Waals surface area contributed by atoms with E-state index in [-0.39, 0.29) is 0 Å². The van der Waals surface area contributed by atoms with Crippen molar-refractivity contribution in [3.63, 3.8) is 0 Å². The Morgan fingerprint density at radius 2 is 1.94 bits per heavy atom. The number of amidine groups is 1. The van der Waals surface area contributed by atoms with E-state index in [4.69, 9.17) is 17.0 Å². The van der Waals surface area contributed by atoms with Crippen molar-refractivity contribution in [2.45, 2.75) is 6.54 Å². The van der Waals surface area contributed by atoms with Crippen LogP contribution in [-0.2, 0) is 6.54 Å². The highest BCUT2D eigenvalue weighted by molar-refractivity contribution is 6.30. The molecular weight excluding hydrogens is 251 g/mol. The predicted octanol–water partition coefficient (Wildman–Crippen LogP) is 3.82. The van der Waals surface area contributed by atoms with Gasteiger partial charge in [-0.15, -0.1) is 0 Å². The van der Waals surface area contributed by atoms with Gasteiger partial charge in [0.1, 0.15) is 11.7 Å². The fraction of sp³-hybridized carbons (Fsp3) is 0.0714. The molecule has 0 spiro atoms. The quantitative estimate of drug-likeness (QED) is 0.829. The molecule has 0 radical (unpaired) electrons. The molecule has 0 aromatic heterocycles. The van der Waals surface area contributed by atoms with Crippen LogP contribution in [-0.4, -0.2) is 5.84 Å². The average molecular weight is 261 g/mol. The van der Waals surface area contributed by atoms with Crippen LogP contribution in [0.1, 0.15) is 11.1 Å². The number of hydrogen-bond acceptors (Lipinski definition) is 1. The van der Waals surface area contributed by atoms with Crippen LogP contribution in [0.5, 0.6) is 0 Å². The van der Waals surface area contributed by atoms with E-state index in [0.717, 1.165) is 11.1 Å². The molecule has 0 unspecified atom stereocenters. The minimum absolute atomic E-state index is 0.326. The summed E-state index contributed by atoms with van der Waals surface area (Å²) in [7, 11) is 0. The predicted molar refractivity (Wildman–Crippen MR) is 70.9 cm³/mol. The number of nitrogens with zero attached hydrogens (tertiary/aromatic N) is 1. The number of hydrogen-bond donors (Lipinski definition) is 1. The second-order valence-electron chi connectivity index (χ2n) is 4.19. The molecule has 90 valence electrons. The minimum Gasteiger partial charge on any atom is -0.319 e. The van der Waals surface area contributed by atoms with Crippen LogP contribution in [0.25, 0.3) is 0 Å². The highest BCUT2D eigenvalue weighted by Crippen LogP contribution is 2.30. The van der Waals surface area contributed by atoms with Gasteiger partial charge in [-0.2, -0.15) is 0 Å². The minimum atomic E-state index is -0.403. The summed E-state index contributed by atoms with van der Waals surface area (Å²) in [5, 5.41) is 8.46. The van der Waals surface area contributed by atoms with Gasteiger partial charge in [0.2, 0.25) is 0 Å². The van der Waals surface area contributed by atoms with Gasteiger partial charge < -0.3 is 4.90 Å². The van der Waals surface area contributed by atoms with E-state index < -0.39 is 5.82 Å². The molecule has 18 heavy (non-hydrogen) atoms. The Bertz CT molecular complexity index is 639. The van der Waals surface area contributed by atoms with Gasteiger partial charge in [0.15, 0.2) is 0 Å². The lowest BCUT2D eigenvalue weighted by Gasteiger charge is -2.18. The molecule has 1 aliphatic heterocycles. The maximum absolute atomic E-state index is 13.9. The summed E-state index contributed by atoms with van der Waals surface area (Å²) < 4.78 is 13.9. The smallest absolute Gasteiger partial charge is 0.148 e. The van der Waals surface area contributed by atoms with Crippen LogP contribution in [0.3, 0.4) is 0 Å². The zero-order valence-electron chi connectivity index (χ0n) is 9.45. The third kappa shape index (κ3) is 1.68. The molecule has 1 heterocycles. The Morgan fingerprint density at radius 3 is 2.67 bits per heavy atom. The molecule has 0 amide bonds. The number of halogens is 2. The third-order valence-electron chi connectivity index (χ3n) is 3.07. The van der Waals surface area contributed by atoms with Gasteiger partial charge in [-0.25, -0.2) is 4.39 Å². The lowest BCUT2D eigenvalue weighted by Crippen LogP contribution is -2.24. The largest absolute Gasteiger partial charge is 0.319 e. The van der Waals surface area contributed by atoms with Crippen LogP contribution >= 0.6 is 11.6 Å².